The van der Waals surface area contributed by atoms with Crippen LogP contribution in [0.3, 0.4) is 0 Å². The summed E-state index contributed by atoms with van der Waals surface area (Å²) >= 11 is 0. The van der Waals surface area contributed by atoms with E-state index in [9.17, 15) is 13.5 Å². The highest BCUT2D eigenvalue weighted by atomic mass is 32.2. The summed E-state index contributed by atoms with van der Waals surface area (Å²) in [6, 6.07) is 6.45. The summed E-state index contributed by atoms with van der Waals surface area (Å²) in [6.45, 7) is 4.18. The van der Waals surface area contributed by atoms with Crippen molar-refractivity contribution in [2.75, 3.05) is 33.7 Å². The summed E-state index contributed by atoms with van der Waals surface area (Å²) in [5.74, 6) is 0.395. The molecule has 0 bridgehead atoms. The van der Waals surface area contributed by atoms with Crippen molar-refractivity contribution < 1.29 is 13.5 Å². The first-order valence-electron chi connectivity index (χ1n) is 7.23. The predicted octanol–water partition coefficient (Wildman–Crippen LogP) is 1.31. The standard InChI is InChI=1S/C15H24N2O3S/c1-12(18)14-4-6-15(7-5-14)21(19,20)17(3)11-13-8-9-16(2)10-13/h4-7,12-13,18H,8-11H2,1-3H3. The Hall–Kier alpha value is -0.950. The minimum absolute atomic E-state index is 0.278. The van der Waals surface area contributed by atoms with E-state index >= 15 is 0 Å². The van der Waals surface area contributed by atoms with E-state index in [1.54, 1.807) is 38.2 Å². The summed E-state index contributed by atoms with van der Waals surface area (Å²) in [4.78, 5) is 2.50. The molecule has 21 heavy (non-hydrogen) atoms. The van der Waals surface area contributed by atoms with E-state index in [-0.39, 0.29) is 4.90 Å². The van der Waals surface area contributed by atoms with Gasteiger partial charge in [0.1, 0.15) is 0 Å². The maximum absolute atomic E-state index is 12.5. The molecule has 1 N–H and O–H groups in total. The normalized spacial score (nSPS) is 21.9. The van der Waals surface area contributed by atoms with Crippen LogP contribution in [-0.4, -0.2) is 56.5 Å². The van der Waals surface area contributed by atoms with Crippen molar-refractivity contribution in [2.45, 2.75) is 24.3 Å². The van der Waals surface area contributed by atoms with Gasteiger partial charge >= 0.3 is 0 Å². The second-order valence-corrected chi connectivity index (χ2v) is 7.99. The molecule has 2 atom stereocenters. The van der Waals surface area contributed by atoms with Crippen LogP contribution in [0.25, 0.3) is 0 Å². The minimum Gasteiger partial charge on any atom is -0.389 e. The average Bonchev–Trinajstić information content (AvgIpc) is 2.84. The van der Waals surface area contributed by atoms with Crippen LogP contribution >= 0.6 is 0 Å². The zero-order valence-corrected chi connectivity index (χ0v) is 13.7. The Bertz CT molecular complexity index is 569. The number of aliphatic hydroxyl groups is 1. The molecule has 1 aromatic carbocycles. The van der Waals surface area contributed by atoms with E-state index in [1.165, 1.54) is 4.31 Å². The molecular formula is C15H24N2O3S. The summed E-state index contributed by atoms with van der Waals surface area (Å²) in [5.41, 5.74) is 0.717. The maximum atomic E-state index is 12.5. The van der Waals surface area contributed by atoms with E-state index in [2.05, 4.69) is 11.9 Å². The summed E-state index contributed by atoms with van der Waals surface area (Å²) < 4.78 is 26.5. The van der Waals surface area contributed by atoms with Gasteiger partial charge in [0, 0.05) is 20.1 Å². The third kappa shape index (κ3) is 3.83. The molecule has 5 nitrogen and oxygen atoms in total. The number of hydrogen-bond acceptors (Lipinski definition) is 4. The Kier molecular flexibility index (Phi) is 5.03. The van der Waals surface area contributed by atoms with Gasteiger partial charge in [-0.2, -0.15) is 0 Å². The molecule has 1 aliphatic rings. The van der Waals surface area contributed by atoms with Crippen LogP contribution in [0.5, 0.6) is 0 Å². The number of sulfonamides is 1. The lowest BCUT2D eigenvalue weighted by molar-refractivity contribution is 0.199. The minimum atomic E-state index is -3.45. The fraction of sp³-hybridized carbons (Fsp3) is 0.600. The van der Waals surface area contributed by atoms with Crippen LogP contribution in [0.1, 0.15) is 25.0 Å². The predicted molar refractivity (Wildman–Crippen MR) is 82.5 cm³/mol. The van der Waals surface area contributed by atoms with Crippen molar-refractivity contribution in [3.63, 3.8) is 0 Å². The van der Waals surface area contributed by atoms with Gasteiger partial charge in [0.05, 0.1) is 11.0 Å². The fourth-order valence-electron chi connectivity index (χ4n) is 2.74. The van der Waals surface area contributed by atoms with Crippen LogP contribution in [0.4, 0.5) is 0 Å². The molecule has 6 heteroatoms. The molecule has 2 rings (SSSR count). The van der Waals surface area contributed by atoms with Crippen LogP contribution in [-0.2, 0) is 10.0 Å². The molecule has 0 amide bonds. The SMILES string of the molecule is CC(O)c1ccc(S(=O)(=O)N(C)CC2CCN(C)C2)cc1. The summed E-state index contributed by atoms with van der Waals surface area (Å²) in [6.07, 6.45) is 0.450. The Balaban J connectivity index is 2.09. The number of nitrogens with zero attached hydrogens (tertiary/aromatic N) is 2. The average molecular weight is 312 g/mol. The van der Waals surface area contributed by atoms with Crippen molar-refractivity contribution in [3.05, 3.63) is 29.8 Å². The van der Waals surface area contributed by atoms with E-state index < -0.39 is 16.1 Å². The van der Waals surface area contributed by atoms with Gasteiger partial charge in [0.2, 0.25) is 10.0 Å². The maximum Gasteiger partial charge on any atom is 0.242 e. The highest BCUT2D eigenvalue weighted by Gasteiger charge is 2.27. The van der Waals surface area contributed by atoms with Gasteiger partial charge in [-0.1, -0.05) is 12.1 Å². The van der Waals surface area contributed by atoms with Crippen molar-refractivity contribution in [1.82, 2.24) is 9.21 Å². The number of aliphatic hydroxyl groups excluding tert-OH is 1. The van der Waals surface area contributed by atoms with Gasteiger partial charge in [-0.3, -0.25) is 0 Å². The lowest BCUT2D eigenvalue weighted by Crippen LogP contribution is -2.32. The van der Waals surface area contributed by atoms with E-state index in [0.717, 1.165) is 19.5 Å². The molecule has 1 saturated heterocycles. The zero-order valence-electron chi connectivity index (χ0n) is 12.9. The largest absolute Gasteiger partial charge is 0.389 e. The van der Waals surface area contributed by atoms with Crippen LogP contribution < -0.4 is 0 Å². The van der Waals surface area contributed by atoms with E-state index in [1.807, 2.05) is 0 Å². The molecule has 118 valence electrons. The number of benzene rings is 1. The number of rotatable bonds is 5. The Morgan fingerprint density at radius 1 is 1.38 bits per heavy atom. The van der Waals surface area contributed by atoms with Gasteiger partial charge in [0.15, 0.2) is 0 Å². The molecule has 2 unspecified atom stereocenters. The zero-order chi connectivity index (χ0) is 15.6. The van der Waals surface area contributed by atoms with Crippen LogP contribution in [0.2, 0.25) is 0 Å². The number of hydrogen-bond donors (Lipinski definition) is 1. The summed E-state index contributed by atoms with van der Waals surface area (Å²) in [7, 11) is 0.241. The Labute approximate surface area is 127 Å². The third-order valence-electron chi connectivity index (χ3n) is 4.07. The smallest absolute Gasteiger partial charge is 0.242 e. The van der Waals surface area contributed by atoms with Crippen LogP contribution in [0.15, 0.2) is 29.2 Å². The van der Waals surface area contributed by atoms with Crippen molar-refractivity contribution in [1.29, 1.82) is 0 Å². The van der Waals surface area contributed by atoms with Crippen LogP contribution in [0, 0.1) is 5.92 Å². The van der Waals surface area contributed by atoms with E-state index in [4.69, 9.17) is 0 Å². The van der Waals surface area contributed by atoms with Crippen molar-refractivity contribution >= 4 is 10.0 Å². The van der Waals surface area contributed by atoms with Gasteiger partial charge in [-0.25, -0.2) is 12.7 Å². The highest BCUT2D eigenvalue weighted by Crippen LogP contribution is 2.21. The van der Waals surface area contributed by atoms with E-state index in [0.29, 0.717) is 18.0 Å². The van der Waals surface area contributed by atoms with Crippen molar-refractivity contribution in [3.8, 4) is 0 Å². The van der Waals surface area contributed by atoms with Gasteiger partial charge < -0.3 is 10.0 Å². The first-order valence-corrected chi connectivity index (χ1v) is 8.67. The molecule has 0 spiro atoms. The molecule has 1 aliphatic heterocycles. The lowest BCUT2D eigenvalue weighted by Gasteiger charge is -2.21. The van der Waals surface area contributed by atoms with Crippen molar-refractivity contribution in [2.24, 2.45) is 5.92 Å². The summed E-state index contributed by atoms with van der Waals surface area (Å²) in [5, 5.41) is 9.48. The molecule has 0 radical (unpaired) electrons. The van der Waals surface area contributed by atoms with Gasteiger partial charge in [0.25, 0.3) is 0 Å². The topological polar surface area (TPSA) is 60.9 Å². The highest BCUT2D eigenvalue weighted by molar-refractivity contribution is 7.89. The molecule has 0 aromatic heterocycles. The molecule has 1 heterocycles. The Morgan fingerprint density at radius 3 is 2.48 bits per heavy atom. The fourth-order valence-corrected chi connectivity index (χ4v) is 3.98. The molecular weight excluding hydrogens is 288 g/mol. The second kappa shape index (κ2) is 6.44. The first kappa shape index (κ1) is 16.4. The molecule has 0 saturated carbocycles. The Morgan fingerprint density at radius 2 is 2.00 bits per heavy atom. The van der Waals surface area contributed by atoms with Gasteiger partial charge in [-0.05, 0) is 50.6 Å². The van der Waals surface area contributed by atoms with Gasteiger partial charge in [-0.15, -0.1) is 0 Å². The molecule has 0 aliphatic carbocycles. The lowest BCUT2D eigenvalue weighted by atomic mass is 10.1. The molecule has 1 fully saturated rings. The molecule has 1 aromatic rings. The monoisotopic (exact) mass is 312 g/mol. The quantitative estimate of drug-likeness (QED) is 0.890. The number of likely N-dealkylation sites (tertiary alicyclic amines) is 1. The third-order valence-corrected chi connectivity index (χ3v) is 5.91. The second-order valence-electron chi connectivity index (χ2n) is 5.95. The first-order chi connectivity index (χ1) is 9.80.